The number of H-pyrrole nitrogens is 1. The summed E-state index contributed by atoms with van der Waals surface area (Å²) in [6, 6.07) is 5.65. The molecule has 0 aliphatic carbocycles. The zero-order valence-electron chi connectivity index (χ0n) is 14.4. The average molecular weight is 349 g/mol. The van der Waals surface area contributed by atoms with Gasteiger partial charge in [0.1, 0.15) is 38.1 Å². The van der Waals surface area contributed by atoms with Crippen molar-refractivity contribution >= 4 is 16.9 Å². The summed E-state index contributed by atoms with van der Waals surface area (Å²) < 4.78 is 15.8. The molecule has 0 unspecified atom stereocenters. The molecule has 0 radical (unpaired) electrons. The lowest BCUT2D eigenvalue weighted by Crippen LogP contribution is -3.15. The van der Waals surface area contributed by atoms with Crippen molar-refractivity contribution in [3.63, 3.8) is 0 Å². The molecule has 3 rings (SSSR count). The smallest absolute Gasteiger partial charge is 0.310 e. The van der Waals surface area contributed by atoms with Crippen LogP contribution < -0.4 is 9.64 Å². The van der Waals surface area contributed by atoms with E-state index < -0.39 is 6.10 Å². The van der Waals surface area contributed by atoms with Crippen molar-refractivity contribution in [2.75, 3.05) is 46.6 Å². The fraction of sp³-hybridized carbons (Fsp3) is 0.500. The summed E-state index contributed by atoms with van der Waals surface area (Å²) >= 11 is 0. The fourth-order valence-electron chi connectivity index (χ4n) is 3.07. The largest absolute Gasteiger partial charge is 0.491 e. The second-order valence-corrected chi connectivity index (χ2v) is 6.31. The molecule has 3 N–H and O–H groups in total. The Balaban J connectivity index is 1.59. The number of rotatable bonds is 7. The van der Waals surface area contributed by atoms with Gasteiger partial charge in [0.2, 0.25) is 0 Å². The van der Waals surface area contributed by atoms with Gasteiger partial charge < -0.3 is 29.2 Å². The predicted octanol–water partition coefficient (Wildman–Crippen LogP) is -0.462. The molecule has 0 spiro atoms. The van der Waals surface area contributed by atoms with Crippen LogP contribution in [-0.4, -0.2) is 68.7 Å². The van der Waals surface area contributed by atoms with Crippen molar-refractivity contribution in [2.45, 2.75) is 12.5 Å². The molecule has 2 heterocycles. The third-order valence-electron chi connectivity index (χ3n) is 4.47. The number of hydrogen-bond acceptors (Lipinski definition) is 5. The number of hydrogen-bond donors (Lipinski definition) is 3. The maximum absolute atomic E-state index is 11.5. The zero-order chi connectivity index (χ0) is 17.6. The lowest BCUT2D eigenvalue weighted by molar-refractivity contribution is -0.911. The summed E-state index contributed by atoms with van der Waals surface area (Å²) in [5, 5.41) is 11.1. The molecule has 1 fully saturated rings. The molecular weight excluding hydrogens is 324 g/mol. The number of aliphatic hydroxyl groups excluding tert-OH is 1. The molecule has 1 saturated heterocycles. The number of carbonyl (C=O) groups excluding carboxylic acids is 1. The van der Waals surface area contributed by atoms with Crippen LogP contribution in [0.1, 0.15) is 5.56 Å². The van der Waals surface area contributed by atoms with Crippen molar-refractivity contribution in [2.24, 2.45) is 0 Å². The molecule has 136 valence electrons. The maximum atomic E-state index is 11.5. The maximum Gasteiger partial charge on any atom is 0.310 e. The number of aliphatic hydroxyl groups is 1. The molecule has 0 amide bonds. The topological polar surface area (TPSA) is 85.2 Å². The van der Waals surface area contributed by atoms with Gasteiger partial charge in [-0.1, -0.05) is 0 Å². The Kier molecular flexibility index (Phi) is 5.91. The second kappa shape index (κ2) is 8.33. The number of ether oxygens (including phenoxy) is 3. The predicted molar refractivity (Wildman–Crippen MR) is 91.9 cm³/mol. The summed E-state index contributed by atoms with van der Waals surface area (Å²) in [5.74, 6) is 0.394. The van der Waals surface area contributed by atoms with E-state index in [2.05, 4.69) is 4.98 Å². The van der Waals surface area contributed by atoms with Gasteiger partial charge in [0.05, 0.1) is 26.7 Å². The first-order valence-corrected chi connectivity index (χ1v) is 8.54. The Hall–Kier alpha value is -2.09. The van der Waals surface area contributed by atoms with E-state index in [0.717, 1.165) is 42.8 Å². The minimum absolute atomic E-state index is 0.211. The number of aromatic amines is 1. The molecule has 1 aliphatic rings. The number of aromatic nitrogens is 1. The van der Waals surface area contributed by atoms with Crippen molar-refractivity contribution < 1.29 is 29.0 Å². The van der Waals surface area contributed by atoms with E-state index in [0.29, 0.717) is 12.3 Å². The van der Waals surface area contributed by atoms with Crippen LogP contribution in [0.5, 0.6) is 5.75 Å². The number of benzene rings is 1. The molecule has 7 heteroatoms. The molecule has 0 bridgehead atoms. The zero-order valence-corrected chi connectivity index (χ0v) is 14.4. The number of quaternary nitrogens is 1. The highest BCUT2D eigenvalue weighted by molar-refractivity contribution is 5.88. The molecule has 7 nitrogen and oxygen atoms in total. The van der Waals surface area contributed by atoms with Gasteiger partial charge in [-0.2, -0.15) is 0 Å². The van der Waals surface area contributed by atoms with Gasteiger partial charge in [0.15, 0.2) is 0 Å². The van der Waals surface area contributed by atoms with E-state index in [9.17, 15) is 9.90 Å². The first kappa shape index (κ1) is 17.7. The normalized spacial score (nSPS) is 16.7. The number of esters is 1. The van der Waals surface area contributed by atoms with Gasteiger partial charge in [-0.3, -0.25) is 4.79 Å². The second-order valence-electron chi connectivity index (χ2n) is 6.31. The lowest BCUT2D eigenvalue weighted by atomic mass is 10.1. The molecular formula is C18H25N2O5+. The minimum atomic E-state index is -0.524. The van der Waals surface area contributed by atoms with E-state index in [1.807, 2.05) is 24.4 Å². The third-order valence-corrected chi connectivity index (χ3v) is 4.47. The van der Waals surface area contributed by atoms with E-state index in [-0.39, 0.29) is 19.0 Å². The Labute approximate surface area is 146 Å². The Morgan fingerprint density at radius 1 is 1.40 bits per heavy atom. The molecule has 0 saturated carbocycles. The molecule has 1 aromatic heterocycles. The summed E-state index contributed by atoms with van der Waals surface area (Å²) in [7, 11) is 1.38. The minimum Gasteiger partial charge on any atom is -0.491 e. The highest BCUT2D eigenvalue weighted by atomic mass is 16.5. The van der Waals surface area contributed by atoms with E-state index >= 15 is 0 Å². The van der Waals surface area contributed by atoms with Crippen LogP contribution in [0, 0.1) is 0 Å². The van der Waals surface area contributed by atoms with Gasteiger partial charge in [-0.05, 0) is 23.8 Å². The molecule has 1 aliphatic heterocycles. The fourth-order valence-corrected chi connectivity index (χ4v) is 3.07. The number of morpholine rings is 1. The van der Waals surface area contributed by atoms with Gasteiger partial charge in [0, 0.05) is 17.1 Å². The van der Waals surface area contributed by atoms with Gasteiger partial charge >= 0.3 is 5.97 Å². The summed E-state index contributed by atoms with van der Waals surface area (Å²) in [5.41, 5.74) is 1.80. The molecule has 25 heavy (non-hydrogen) atoms. The number of methoxy groups -OCH3 is 1. The number of fused-ring (bicyclic) bond motifs is 1. The summed E-state index contributed by atoms with van der Waals surface area (Å²) in [6.45, 7) is 4.23. The Morgan fingerprint density at radius 3 is 2.96 bits per heavy atom. The molecule has 2 aromatic rings. The van der Waals surface area contributed by atoms with E-state index in [1.54, 1.807) is 0 Å². The van der Waals surface area contributed by atoms with Crippen LogP contribution in [0.25, 0.3) is 10.9 Å². The van der Waals surface area contributed by atoms with Gasteiger partial charge in [-0.15, -0.1) is 0 Å². The molecule has 1 aromatic carbocycles. The SMILES string of the molecule is COC(=O)Cc1c[nH]c2ccc(OC[C@H](O)C[NH+]3CCOCC3)cc12. The van der Waals surface area contributed by atoms with E-state index in [1.165, 1.54) is 12.0 Å². The van der Waals surface area contributed by atoms with Crippen LogP contribution in [0.2, 0.25) is 0 Å². The van der Waals surface area contributed by atoms with Crippen LogP contribution >= 0.6 is 0 Å². The highest BCUT2D eigenvalue weighted by Gasteiger charge is 2.19. The number of nitrogens with one attached hydrogen (secondary N) is 2. The van der Waals surface area contributed by atoms with Crippen molar-refractivity contribution in [1.82, 2.24) is 4.98 Å². The molecule has 1 atom stereocenters. The Morgan fingerprint density at radius 2 is 2.20 bits per heavy atom. The van der Waals surface area contributed by atoms with E-state index in [4.69, 9.17) is 14.2 Å². The number of carbonyl (C=O) groups is 1. The van der Waals surface area contributed by atoms with Gasteiger partial charge in [0.25, 0.3) is 0 Å². The quantitative estimate of drug-likeness (QED) is 0.589. The average Bonchev–Trinajstić information content (AvgIpc) is 3.03. The standard InChI is InChI=1S/C18H24N2O5/c1-23-18(22)8-13-10-19-17-3-2-15(9-16(13)17)25-12-14(21)11-20-4-6-24-7-5-20/h2-3,9-10,14,19,21H,4-8,11-12H2,1H3/p+1/t14-/m1/s1. The van der Waals surface area contributed by atoms with Crippen LogP contribution in [0.4, 0.5) is 0 Å². The first-order chi connectivity index (χ1) is 12.2. The van der Waals surface area contributed by atoms with Crippen molar-refractivity contribution in [3.05, 3.63) is 30.0 Å². The van der Waals surface area contributed by atoms with Crippen molar-refractivity contribution in [3.8, 4) is 5.75 Å². The van der Waals surface area contributed by atoms with Crippen LogP contribution in [0.3, 0.4) is 0 Å². The van der Waals surface area contributed by atoms with Crippen LogP contribution in [0.15, 0.2) is 24.4 Å². The monoisotopic (exact) mass is 349 g/mol. The van der Waals surface area contributed by atoms with Crippen molar-refractivity contribution in [1.29, 1.82) is 0 Å². The third kappa shape index (κ3) is 4.72. The lowest BCUT2D eigenvalue weighted by Gasteiger charge is -2.25. The summed E-state index contributed by atoms with van der Waals surface area (Å²) in [4.78, 5) is 16.0. The summed E-state index contributed by atoms with van der Waals surface area (Å²) in [6.07, 6.45) is 1.50. The first-order valence-electron chi connectivity index (χ1n) is 8.54. The highest BCUT2D eigenvalue weighted by Crippen LogP contribution is 2.24. The van der Waals surface area contributed by atoms with Crippen LogP contribution in [-0.2, 0) is 20.7 Å². The Bertz CT molecular complexity index is 709. The van der Waals surface area contributed by atoms with Gasteiger partial charge in [-0.25, -0.2) is 0 Å².